The molecule has 2 atom stereocenters. The van der Waals surface area contributed by atoms with Crippen LogP contribution in [0.3, 0.4) is 0 Å². The molecule has 0 saturated heterocycles. The lowest BCUT2D eigenvalue weighted by Gasteiger charge is -2.27. The Hall–Kier alpha value is -1.60. The van der Waals surface area contributed by atoms with E-state index in [0.29, 0.717) is 12.0 Å². The molecule has 112 valence electrons. The third-order valence-electron chi connectivity index (χ3n) is 4.26. The largest absolute Gasteiger partial charge is 0.312 e. The molecule has 0 fully saturated rings. The zero-order valence-corrected chi connectivity index (χ0v) is 13.5. The first-order valence-electron chi connectivity index (χ1n) is 8.11. The van der Waals surface area contributed by atoms with Gasteiger partial charge in [-0.05, 0) is 36.6 Å². The number of hydrogen-bond acceptors (Lipinski definition) is 1. The normalized spacial score (nSPS) is 13.9. The van der Waals surface area contributed by atoms with Crippen molar-refractivity contribution in [1.82, 2.24) is 5.32 Å². The average Bonchev–Trinajstić information content (AvgIpc) is 2.54. The van der Waals surface area contributed by atoms with Gasteiger partial charge in [-0.25, -0.2) is 0 Å². The van der Waals surface area contributed by atoms with Crippen molar-refractivity contribution in [1.29, 1.82) is 0 Å². The lowest BCUT2D eigenvalue weighted by atomic mass is 9.85. The van der Waals surface area contributed by atoms with Crippen LogP contribution < -0.4 is 5.32 Å². The minimum absolute atomic E-state index is 0.369. The molecule has 0 heterocycles. The third-order valence-corrected chi connectivity index (χ3v) is 4.26. The minimum Gasteiger partial charge on any atom is -0.312 e. The first-order chi connectivity index (χ1) is 10.3. The van der Waals surface area contributed by atoms with Crippen LogP contribution in [-0.2, 0) is 6.42 Å². The van der Waals surface area contributed by atoms with E-state index in [0.717, 1.165) is 6.42 Å². The first kappa shape index (κ1) is 15.8. The third kappa shape index (κ3) is 3.95. The van der Waals surface area contributed by atoms with Crippen LogP contribution in [0.2, 0.25) is 0 Å². The maximum Gasteiger partial charge on any atom is 0.0387 e. The van der Waals surface area contributed by atoms with Crippen molar-refractivity contribution in [3.05, 3.63) is 71.3 Å². The lowest BCUT2D eigenvalue weighted by molar-refractivity contribution is 0.468. The summed E-state index contributed by atoms with van der Waals surface area (Å²) in [6.07, 6.45) is 3.50. The molecule has 0 aromatic heterocycles. The lowest BCUT2D eigenvalue weighted by Crippen LogP contribution is -2.23. The second kappa shape index (κ2) is 7.99. The zero-order valence-electron chi connectivity index (χ0n) is 13.5. The average molecular weight is 281 g/mol. The van der Waals surface area contributed by atoms with Crippen LogP contribution in [0.1, 0.15) is 55.3 Å². The molecule has 0 spiro atoms. The van der Waals surface area contributed by atoms with Gasteiger partial charge >= 0.3 is 0 Å². The molecule has 1 nitrogen and oxygen atoms in total. The molecule has 0 aliphatic carbocycles. The Morgan fingerprint density at radius 1 is 0.857 bits per heavy atom. The van der Waals surface area contributed by atoms with Crippen molar-refractivity contribution in [2.45, 2.75) is 45.1 Å². The number of hydrogen-bond donors (Lipinski definition) is 1. The molecule has 2 rings (SSSR count). The molecule has 0 radical (unpaired) electrons. The molecule has 0 aliphatic rings. The van der Waals surface area contributed by atoms with Crippen molar-refractivity contribution in [3.63, 3.8) is 0 Å². The molecular weight excluding hydrogens is 254 g/mol. The van der Waals surface area contributed by atoms with E-state index in [1.165, 1.54) is 29.5 Å². The van der Waals surface area contributed by atoms with Gasteiger partial charge in [-0.3, -0.25) is 0 Å². The summed E-state index contributed by atoms with van der Waals surface area (Å²) in [6, 6.07) is 20.3. The fourth-order valence-electron chi connectivity index (χ4n) is 3.14. The standard InChI is InChI=1S/C20H27N/c1-4-9-16-12-14-18(15-13-16)20(21-3)19(5-2)17-10-7-6-8-11-17/h6-8,10-15,19-21H,4-5,9H2,1-3H3. The summed E-state index contributed by atoms with van der Waals surface area (Å²) >= 11 is 0. The highest BCUT2D eigenvalue weighted by atomic mass is 14.9. The number of aryl methyl sites for hydroxylation is 1. The summed E-state index contributed by atoms with van der Waals surface area (Å²) < 4.78 is 0. The van der Waals surface area contributed by atoms with E-state index < -0.39 is 0 Å². The van der Waals surface area contributed by atoms with Crippen LogP contribution >= 0.6 is 0 Å². The fourth-order valence-corrected chi connectivity index (χ4v) is 3.14. The number of likely N-dealkylation sites (N-methyl/N-ethyl adjacent to an activating group) is 1. The summed E-state index contributed by atoms with van der Waals surface area (Å²) in [5, 5.41) is 3.52. The van der Waals surface area contributed by atoms with Crippen LogP contribution in [0.15, 0.2) is 54.6 Å². The monoisotopic (exact) mass is 281 g/mol. The van der Waals surface area contributed by atoms with E-state index >= 15 is 0 Å². The van der Waals surface area contributed by atoms with Gasteiger partial charge in [-0.15, -0.1) is 0 Å². The van der Waals surface area contributed by atoms with Crippen LogP contribution in [0.25, 0.3) is 0 Å². The highest BCUT2D eigenvalue weighted by Gasteiger charge is 2.21. The van der Waals surface area contributed by atoms with E-state index in [1.54, 1.807) is 0 Å². The summed E-state index contributed by atoms with van der Waals surface area (Å²) in [6.45, 7) is 4.50. The number of rotatable bonds is 7. The van der Waals surface area contributed by atoms with Gasteiger partial charge in [-0.2, -0.15) is 0 Å². The van der Waals surface area contributed by atoms with Gasteiger partial charge < -0.3 is 5.32 Å². The molecule has 0 bridgehead atoms. The molecule has 2 unspecified atom stereocenters. The first-order valence-corrected chi connectivity index (χ1v) is 8.11. The van der Waals surface area contributed by atoms with Gasteiger partial charge in [0.1, 0.15) is 0 Å². The maximum absolute atomic E-state index is 3.52. The van der Waals surface area contributed by atoms with E-state index in [4.69, 9.17) is 0 Å². The smallest absolute Gasteiger partial charge is 0.0387 e. The van der Waals surface area contributed by atoms with Crippen molar-refractivity contribution >= 4 is 0 Å². The zero-order chi connectivity index (χ0) is 15.1. The Kier molecular flexibility index (Phi) is 6.01. The molecule has 2 aromatic carbocycles. The molecule has 1 N–H and O–H groups in total. The van der Waals surface area contributed by atoms with Crippen LogP contribution in [-0.4, -0.2) is 7.05 Å². The maximum atomic E-state index is 3.52. The summed E-state index contributed by atoms with van der Waals surface area (Å²) in [7, 11) is 2.07. The van der Waals surface area contributed by atoms with Gasteiger partial charge in [0, 0.05) is 12.0 Å². The SMILES string of the molecule is CCCc1ccc(C(NC)C(CC)c2ccccc2)cc1. The molecule has 2 aromatic rings. The Morgan fingerprint density at radius 3 is 2.05 bits per heavy atom. The van der Waals surface area contributed by atoms with E-state index in [-0.39, 0.29) is 0 Å². The van der Waals surface area contributed by atoms with Crippen molar-refractivity contribution in [2.24, 2.45) is 0 Å². The van der Waals surface area contributed by atoms with Crippen molar-refractivity contribution in [2.75, 3.05) is 7.05 Å². The Labute approximate surface area is 129 Å². The van der Waals surface area contributed by atoms with Gasteiger partial charge in [-0.1, -0.05) is 74.9 Å². The Morgan fingerprint density at radius 2 is 1.52 bits per heavy atom. The predicted molar refractivity (Wildman–Crippen MR) is 91.7 cm³/mol. The highest BCUT2D eigenvalue weighted by molar-refractivity contribution is 5.30. The van der Waals surface area contributed by atoms with Gasteiger partial charge in [0.25, 0.3) is 0 Å². The molecule has 0 amide bonds. The fraction of sp³-hybridized carbons (Fsp3) is 0.400. The molecule has 0 saturated carbocycles. The topological polar surface area (TPSA) is 12.0 Å². The van der Waals surface area contributed by atoms with Crippen LogP contribution in [0, 0.1) is 0 Å². The molecule has 1 heteroatoms. The highest BCUT2D eigenvalue weighted by Crippen LogP contribution is 2.33. The Balaban J connectivity index is 2.24. The van der Waals surface area contributed by atoms with Crippen LogP contribution in [0.5, 0.6) is 0 Å². The quantitative estimate of drug-likeness (QED) is 0.745. The second-order valence-electron chi connectivity index (χ2n) is 5.68. The van der Waals surface area contributed by atoms with Gasteiger partial charge in [0.05, 0.1) is 0 Å². The Bertz CT molecular complexity index is 515. The van der Waals surface area contributed by atoms with Crippen molar-refractivity contribution < 1.29 is 0 Å². The predicted octanol–water partition coefficient (Wildman–Crippen LogP) is 5.09. The van der Waals surface area contributed by atoms with Gasteiger partial charge in [0.2, 0.25) is 0 Å². The van der Waals surface area contributed by atoms with Crippen molar-refractivity contribution in [3.8, 4) is 0 Å². The number of nitrogens with one attached hydrogen (secondary N) is 1. The van der Waals surface area contributed by atoms with E-state index in [9.17, 15) is 0 Å². The van der Waals surface area contributed by atoms with E-state index in [2.05, 4.69) is 80.8 Å². The van der Waals surface area contributed by atoms with Gasteiger partial charge in [0.15, 0.2) is 0 Å². The molecular formula is C20H27N. The summed E-state index contributed by atoms with van der Waals surface area (Å²) in [4.78, 5) is 0. The van der Waals surface area contributed by atoms with E-state index in [1.807, 2.05) is 0 Å². The molecule has 0 aliphatic heterocycles. The second-order valence-corrected chi connectivity index (χ2v) is 5.68. The summed E-state index contributed by atoms with van der Waals surface area (Å²) in [5.74, 6) is 0.508. The minimum atomic E-state index is 0.369. The number of benzene rings is 2. The van der Waals surface area contributed by atoms with Crippen LogP contribution in [0.4, 0.5) is 0 Å². The summed E-state index contributed by atoms with van der Waals surface area (Å²) in [5.41, 5.74) is 4.23. The molecule has 21 heavy (non-hydrogen) atoms.